The summed E-state index contributed by atoms with van der Waals surface area (Å²) >= 11 is 0. The molecule has 0 saturated heterocycles. The van der Waals surface area contributed by atoms with Gasteiger partial charge in [-0.3, -0.25) is 14.4 Å². The molecule has 0 fully saturated rings. The van der Waals surface area contributed by atoms with Crippen molar-refractivity contribution in [2.75, 3.05) is 12.4 Å². The van der Waals surface area contributed by atoms with E-state index in [-0.39, 0.29) is 18.1 Å². The van der Waals surface area contributed by atoms with Crippen LogP contribution in [0, 0.1) is 0 Å². The zero-order valence-corrected chi connectivity index (χ0v) is 11.5. The van der Waals surface area contributed by atoms with Crippen LogP contribution in [0.4, 0.5) is 5.69 Å². The van der Waals surface area contributed by atoms with Crippen molar-refractivity contribution in [3.63, 3.8) is 0 Å². The minimum Gasteiger partial charge on any atom is -0.469 e. The van der Waals surface area contributed by atoms with Gasteiger partial charge in [-0.2, -0.15) is 0 Å². The number of carbonyl (C=O) groups is 3. The first-order valence-electron chi connectivity index (χ1n) is 6.24. The van der Waals surface area contributed by atoms with E-state index in [4.69, 9.17) is 5.73 Å². The molecule has 0 aliphatic carbocycles. The number of amides is 1. The minimum absolute atomic E-state index is 0.105. The first-order valence-corrected chi connectivity index (χ1v) is 6.24. The van der Waals surface area contributed by atoms with Crippen LogP contribution in [0.3, 0.4) is 0 Å². The zero-order valence-electron chi connectivity index (χ0n) is 11.5. The SMILES string of the molecule is CCC(=O)Nc1ccc(C(=O)C(N)CC(=O)OC)cc1. The molecular formula is C14H18N2O4. The molecule has 0 bridgehead atoms. The maximum atomic E-state index is 12.0. The third-order valence-corrected chi connectivity index (χ3v) is 2.73. The molecule has 0 heterocycles. The fourth-order valence-corrected chi connectivity index (χ4v) is 1.54. The Kier molecular flexibility index (Phi) is 5.86. The molecule has 1 unspecified atom stereocenters. The molecular weight excluding hydrogens is 260 g/mol. The van der Waals surface area contributed by atoms with Gasteiger partial charge >= 0.3 is 5.97 Å². The Morgan fingerprint density at radius 3 is 2.35 bits per heavy atom. The third-order valence-electron chi connectivity index (χ3n) is 2.73. The number of ketones is 1. The average Bonchev–Trinajstić information content (AvgIpc) is 2.46. The standard InChI is InChI=1S/C14H18N2O4/c1-3-12(17)16-10-6-4-9(5-7-10)14(19)11(15)8-13(18)20-2/h4-7,11H,3,8,15H2,1-2H3,(H,16,17). The van der Waals surface area contributed by atoms with E-state index in [9.17, 15) is 14.4 Å². The number of nitrogens with one attached hydrogen (secondary N) is 1. The number of benzene rings is 1. The monoisotopic (exact) mass is 278 g/mol. The van der Waals surface area contributed by atoms with Crippen LogP contribution < -0.4 is 11.1 Å². The largest absolute Gasteiger partial charge is 0.469 e. The molecule has 0 spiro atoms. The van der Waals surface area contributed by atoms with Crippen molar-refractivity contribution < 1.29 is 19.1 Å². The first-order chi connectivity index (χ1) is 9.47. The van der Waals surface area contributed by atoms with E-state index in [1.54, 1.807) is 31.2 Å². The van der Waals surface area contributed by atoms with Gasteiger partial charge in [-0.1, -0.05) is 6.92 Å². The van der Waals surface area contributed by atoms with Gasteiger partial charge in [0.05, 0.1) is 19.6 Å². The fourth-order valence-electron chi connectivity index (χ4n) is 1.54. The Hall–Kier alpha value is -2.21. The molecule has 108 valence electrons. The van der Waals surface area contributed by atoms with Gasteiger partial charge in [0, 0.05) is 17.7 Å². The van der Waals surface area contributed by atoms with Crippen molar-refractivity contribution in [3.05, 3.63) is 29.8 Å². The first kappa shape index (κ1) is 15.8. The maximum absolute atomic E-state index is 12.0. The predicted molar refractivity (Wildman–Crippen MR) is 74.3 cm³/mol. The van der Waals surface area contributed by atoms with Gasteiger partial charge in [0.15, 0.2) is 5.78 Å². The Morgan fingerprint density at radius 1 is 1.25 bits per heavy atom. The molecule has 0 aliphatic rings. The van der Waals surface area contributed by atoms with Crippen LogP contribution in [0.15, 0.2) is 24.3 Å². The van der Waals surface area contributed by atoms with Gasteiger partial charge in [-0.05, 0) is 24.3 Å². The number of Topliss-reactive ketones (excluding diaryl/α,β-unsaturated/α-hetero) is 1. The summed E-state index contributed by atoms with van der Waals surface area (Å²) in [4.78, 5) is 34.2. The number of ether oxygens (including phenoxy) is 1. The van der Waals surface area contributed by atoms with Crippen LogP contribution in [-0.4, -0.2) is 30.8 Å². The molecule has 6 nitrogen and oxygen atoms in total. The van der Waals surface area contributed by atoms with Crippen molar-refractivity contribution in [2.24, 2.45) is 5.73 Å². The van der Waals surface area contributed by atoms with Crippen molar-refractivity contribution in [1.82, 2.24) is 0 Å². The summed E-state index contributed by atoms with van der Waals surface area (Å²) in [5, 5.41) is 2.67. The molecule has 3 N–H and O–H groups in total. The second-order valence-corrected chi connectivity index (χ2v) is 4.23. The van der Waals surface area contributed by atoms with Crippen LogP contribution in [0.2, 0.25) is 0 Å². The summed E-state index contributed by atoms with van der Waals surface area (Å²) in [6, 6.07) is 5.42. The van der Waals surface area contributed by atoms with Crippen molar-refractivity contribution in [2.45, 2.75) is 25.8 Å². The Bertz CT molecular complexity index is 496. The van der Waals surface area contributed by atoms with Gasteiger partial charge in [-0.25, -0.2) is 0 Å². The third kappa shape index (κ3) is 4.47. The van der Waals surface area contributed by atoms with E-state index in [0.717, 1.165) is 0 Å². The van der Waals surface area contributed by atoms with Crippen LogP contribution in [0.25, 0.3) is 0 Å². The molecule has 6 heteroatoms. The molecule has 1 rings (SSSR count). The summed E-state index contributed by atoms with van der Waals surface area (Å²) in [6.45, 7) is 1.75. The van der Waals surface area contributed by atoms with Gasteiger partial charge in [0.2, 0.25) is 5.91 Å². The Balaban J connectivity index is 2.70. The number of rotatable bonds is 6. The van der Waals surface area contributed by atoms with Crippen molar-refractivity contribution >= 4 is 23.3 Å². The van der Waals surface area contributed by atoms with Crippen LogP contribution in [-0.2, 0) is 14.3 Å². The number of methoxy groups -OCH3 is 1. The van der Waals surface area contributed by atoms with Crippen LogP contribution >= 0.6 is 0 Å². The van der Waals surface area contributed by atoms with Crippen molar-refractivity contribution in [1.29, 1.82) is 0 Å². The molecule has 1 atom stereocenters. The van der Waals surface area contributed by atoms with E-state index >= 15 is 0 Å². The highest BCUT2D eigenvalue weighted by molar-refractivity contribution is 6.02. The summed E-state index contributed by atoms with van der Waals surface area (Å²) in [7, 11) is 1.24. The number of esters is 1. The van der Waals surface area contributed by atoms with E-state index in [1.165, 1.54) is 7.11 Å². The Morgan fingerprint density at radius 2 is 1.85 bits per heavy atom. The predicted octanol–water partition coefficient (Wildman–Crippen LogP) is 1.11. The molecule has 20 heavy (non-hydrogen) atoms. The molecule has 1 aromatic carbocycles. The molecule has 0 radical (unpaired) electrons. The van der Waals surface area contributed by atoms with Gasteiger partial charge in [0.1, 0.15) is 0 Å². The average molecular weight is 278 g/mol. The molecule has 0 aromatic heterocycles. The van der Waals surface area contributed by atoms with Gasteiger partial charge in [-0.15, -0.1) is 0 Å². The molecule has 0 aliphatic heterocycles. The summed E-state index contributed by atoms with van der Waals surface area (Å²) in [5.41, 5.74) is 6.64. The number of carbonyl (C=O) groups excluding carboxylic acids is 3. The Labute approximate surface area is 117 Å². The van der Waals surface area contributed by atoms with Gasteiger partial charge in [0.25, 0.3) is 0 Å². The lowest BCUT2D eigenvalue weighted by molar-refractivity contribution is -0.140. The topological polar surface area (TPSA) is 98.5 Å². The fraction of sp³-hybridized carbons (Fsp3) is 0.357. The number of hydrogen-bond acceptors (Lipinski definition) is 5. The highest BCUT2D eigenvalue weighted by atomic mass is 16.5. The van der Waals surface area contributed by atoms with Crippen molar-refractivity contribution in [3.8, 4) is 0 Å². The normalized spacial score (nSPS) is 11.6. The van der Waals surface area contributed by atoms with E-state index in [1.807, 2.05) is 0 Å². The lowest BCUT2D eigenvalue weighted by Crippen LogP contribution is -2.33. The second kappa shape index (κ2) is 7.40. The highest BCUT2D eigenvalue weighted by Gasteiger charge is 2.19. The van der Waals surface area contributed by atoms with E-state index in [0.29, 0.717) is 17.7 Å². The summed E-state index contributed by atoms with van der Waals surface area (Å²) in [5.74, 6) is -0.979. The van der Waals surface area contributed by atoms with E-state index < -0.39 is 12.0 Å². The number of hydrogen-bond donors (Lipinski definition) is 2. The van der Waals surface area contributed by atoms with Gasteiger partial charge < -0.3 is 15.8 Å². The maximum Gasteiger partial charge on any atom is 0.307 e. The zero-order chi connectivity index (χ0) is 15.1. The molecule has 1 amide bonds. The smallest absolute Gasteiger partial charge is 0.307 e. The van der Waals surface area contributed by atoms with Crippen LogP contribution in [0.1, 0.15) is 30.1 Å². The summed E-state index contributed by atoms with van der Waals surface area (Å²) < 4.78 is 4.46. The highest BCUT2D eigenvalue weighted by Crippen LogP contribution is 2.12. The molecule has 1 aromatic rings. The summed E-state index contributed by atoms with van der Waals surface area (Å²) in [6.07, 6.45) is 0.217. The lowest BCUT2D eigenvalue weighted by atomic mass is 10.0. The van der Waals surface area contributed by atoms with Crippen LogP contribution in [0.5, 0.6) is 0 Å². The lowest BCUT2D eigenvalue weighted by Gasteiger charge is -2.10. The minimum atomic E-state index is -0.932. The number of anilines is 1. The quantitative estimate of drug-likeness (QED) is 0.600. The number of nitrogens with two attached hydrogens (primary N) is 1. The second-order valence-electron chi connectivity index (χ2n) is 4.23. The molecule has 0 saturated carbocycles. The van der Waals surface area contributed by atoms with E-state index in [2.05, 4.69) is 10.1 Å².